The monoisotopic (exact) mass is 233 g/mol. The minimum atomic E-state index is 0.509. The second-order valence-corrected chi connectivity index (χ2v) is 4.47. The van der Waals surface area contributed by atoms with Crippen LogP contribution in [-0.4, -0.2) is 22.9 Å². The van der Waals surface area contributed by atoms with Crippen molar-refractivity contribution in [3.8, 4) is 6.07 Å². The van der Waals surface area contributed by atoms with Crippen LogP contribution < -0.4 is 10.6 Å². The van der Waals surface area contributed by atoms with Crippen LogP contribution in [0.4, 0.5) is 11.6 Å². The first-order valence-corrected chi connectivity index (χ1v) is 6.29. The standard InChI is InChI=1S/C12H19N5/c1-2-6-17-11(14)10(9-13)12(15-17)16-7-4-3-5-8-16/h2-8,14H2,1H3. The summed E-state index contributed by atoms with van der Waals surface area (Å²) in [6.07, 6.45) is 4.58. The Bertz CT molecular complexity index is 423. The zero-order valence-corrected chi connectivity index (χ0v) is 10.3. The van der Waals surface area contributed by atoms with Gasteiger partial charge in [0.05, 0.1) is 0 Å². The van der Waals surface area contributed by atoms with E-state index in [0.717, 1.165) is 31.9 Å². The Hall–Kier alpha value is -1.70. The van der Waals surface area contributed by atoms with E-state index in [2.05, 4.69) is 23.0 Å². The van der Waals surface area contributed by atoms with E-state index in [4.69, 9.17) is 5.73 Å². The number of hydrogen-bond acceptors (Lipinski definition) is 4. The van der Waals surface area contributed by atoms with Gasteiger partial charge in [0, 0.05) is 19.6 Å². The number of nitriles is 1. The fraction of sp³-hybridized carbons (Fsp3) is 0.667. The normalized spacial score (nSPS) is 15.9. The van der Waals surface area contributed by atoms with Gasteiger partial charge in [0.2, 0.25) is 0 Å². The molecule has 0 bridgehead atoms. The number of aromatic nitrogens is 2. The lowest BCUT2D eigenvalue weighted by molar-refractivity contribution is 0.560. The molecule has 0 aromatic carbocycles. The lowest BCUT2D eigenvalue weighted by Crippen LogP contribution is -2.30. The van der Waals surface area contributed by atoms with Gasteiger partial charge < -0.3 is 10.6 Å². The van der Waals surface area contributed by atoms with Crippen LogP contribution in [0.3, 0.4) is 0 Å². The smallest absolute Gasteiger partial charge is 0.170 e. The maximum atomic E-state index is 9.20. The van der Waals surface area contributed by atoms with Crippen molar-refractivity contribution in [2.24, 2.45) is 0 Å². The van der Waals surface area contributed by atoms with Crippen molar-refractivity contribution in [2.45, 2.75) is 39.2 Å². The lowest BCUT2D eigenvalue weighted by atomic mass is 10.1. The number of nitrogen functional groups attached to an aromatic ring is 1. The van der Waals surface area contributed by atoms with Crippen molar-refractivity contribution < 1.29 is 0 Å². The van der Waals surface area contributed by atoms with Gasteiger partial charge in [-0.15, -0.1) is 0 Å². The molecule has 1 aliphatic heterocycles. The van der Waals surface area contributed by atoms with Crippen LogP contribution in [0.1, 0.15) is 38.2 Å². The van der Waals surface area contributed by atoms with Gasteiger partial charge in [-0.1, -0.05) is 6.92 Å². The lowest BCUT2D eigenvalue weighted by Gasteiger charge is -2.26. The Morgan fingerprint density at radius 3 is 2.65 bits per heavy atom. The van der Waals surface area contributed by atoms with Gasteiger partial charge in [0.25, 0.3) is 0 Å². The molecule has 17 heavy (non-hydrogen) atoms. The van der Waals surface area contributed by atoms with Crippen LogP contribution in [0.2, 0.25) is 0 Å². The summed E-state index contributed by atoms with van der Waals surface area (Å²) < 4.78 is 1.75. The average Bonchev–Trinajstić information content (AvgIpc) is 2.68. The molecule has 2 heterocycles. The molecule has 0 unspecified atom stereocenters. The topological polar surface area (TPSA) is 70.9 Å². The number of piperidine rings is 1. The highest BCUT2D eigenvalue weighted by atomic mass is 15.4. The van der Waals surface area contributed by atoms with E-state index in [0.29, 0.717) is 11.4 Å². The third-order valence-electron chi connectivity index (χ3n) is 3.18. The SMILES string of the molecule is CCCn1nc(N2CCCCC2)c(C#N)c1N. The summed E-state index contributed by atoms with van der Waals surface area (Å²) in [5, 5.41) is 13.7. The molecular weight excluding hydrogens is 214 g/mol. The second kappa shape index (κ2) is 5.09. The molecule has 1 aliphatic rings. The summed E-state index contributed by atoms with van der Waals surface area (Å²) >= 11 is 0. The minimum Gasteiger partial charge on any atom is -0.383 e. The molecule has 0 saturated carbocycles. The van der Waals surface area contributed by atoms with E-state index >= 15 is 0 Å². The molecule has 0 radical (unpaired) electrons. The van der Waals surface area contributed by atoms with Gasteiger partial charge in [-0.2, -0.15) is 10.4 Å². The van der Waals surface area contributed by atoms with Crippen LogP contribution in [-0.2, 0) is 6.54 Å². The summed E-state index contributed by atoms with van der Waals surface area (Å²) in [4.78, 5) is 2.19. The van der Waals surface area contributed by atoms with Crippen molar-refractivity contribution in [2.75, 3.05) is 23.7 Å². The summed E-state index contributed by atoms with van der Waals surface area (Å²) in [5.74, 6) is 1.29. The first kappa shape index (κ1) is 11.8. The quantitative estimate of drug-likeness (QED) is 0.863. The van der Waals surface area contributed by atoms with Crippen LogP contribution >= 0.6 is 0 Å². The highest BCUT2D eigenvalue weighted by Gasteiger charge is 2.21. The molecule has 0 amide bonds. The Morgan fingerprint density at radius 2 is 2.06 bits per heavy atom. The molecule has 5 nitrogen and oxygen atoms in total. The van der Waals surface area contributed by atoms with Gasteiger partial charge in [-0.3, -0.25) is 0 Å². The number of nitrogens with two attached hydrogens (primary N) is 1. The van der Waals surface area contributed by atoms with Crippen LogP contribution in [0.15, 0.2) is 0 Å². The molecule has 1 aromatic rings. The van der Waals surface area contributed by atoms with E-state index in [1.54, 1.807) is 4.68 Å². The molecule has 2 N–H and O–H groups in total. The number of aryl methyl sites for hydroxylation is 1. The predicted molar refractivity (Wildman–Crippen MR) is 67.7 cm³/mol. The highest BCUT2D eigenvalue weighted by Crippen LogP contribution is 2.26. The van der Waals surface area contributed by atoms with E-state index in [1.807, 2.05) is 0 Å². The summed E-state index contributed by atoms with van der Waals surface area (Å²) in [7, 11) is 0. The van der Waals surface area contributed by atoms with E-state index in [9.17, 15) is 5.26 Å². The van der Waals surface area contributed by atoms with Crippen molar-refractivity contribution in [3.05, 3.63) is 5.56 Å². The Labute approximate surface area is 102 Å². The first-order chi connectivity index (χ1) is 8.27. The molecule has 0 aliphatic carbocycles. The fourth-order valence-electron chi connectivity index (χ4n) is 2.28. The maximum Gasteiger partial charge on any atom is 0.170 e. The highest BCUT2D eigenvalue weighted by molar-refractivity contribution is 5.65. The molecule has 1 saturated heterocycles. The van der Waals surface area contributed by atoms with Crippen molar-refractivity contribution in [3.63, 3.8) is 0 Å². The number of nitrogens with zero attached hydrogens (tertiary/aromatic N) is 4. The molecule has 1 aromatic heterocycles. The van der Waals surface area contributed by atoms with Crippen LogP contribution in [0.25, 0.3) is 0 Å². The van der Waals surface area contributed by atoms with Crippen molar-refractivity contribution in [1.82, 2.24) is 9.78 Å². The van der Waals surface area contributed by atoms with E-state index in [1.165, 1.54) is 19.3 Å². The number of rotatable bonds is 3. The average molecular weight is 233 g/mol. The Balaban J connectivity index is 2.32. The number of anilines is 2. The zero-order chi connectivity index (χ0) is 12.3. The molecular formula is C12H19N5. The van der Waals surface area contributed by atoms with Crippen LogP contribution in [0, 0.1) is 11.3 Å². The summed E-state index contributed by atoms with van der Waals surface area (Å²) in [5.41, 5.74) is 6.50. The van der Waals surface area contributed by atoms with Crippen molar-refractivity contribution in [1.29, 1.82) is 5.26 Å². The third-order valence-corrected chi connectivity index (χ3v) is 3.18. The van der Waals surface area contributed by atoms with Crippen LogP contribution in [0.5, 0.6) is 0 Å². The minimum absolute atomic E-state index is 0.509. The van der Waals surface area contributed by atoms with Gasteiger partial charge in [-0.25, -0.2) is 4.68 Å². The molecule has 92 valence electrons. The molecule has 1 fully saturated rings. The Morgan fingerprint density at radius 1 is 1.35 bits per heavy atom. The van der Waals surface area contributed by atoms with E-state index < -0.39 is 0 Å². The third kappa shape index (κ3) is 2.21. The van der Waals surface area contributed by atoms with Gasteiger partial charge in [0.1, 0.15) is 17.5 Å². The molecule has 5 heteroatoms. The maximum absolute atomic E-state index is 9.20. The van der Waals surface area contributed by atoms with Gasteiger partial charge >= 0.3 is 0 Å². The zero-order valence-electron chi connectivity index (χ0n) is 10.3. The summed E-state index contributed by atoms with van der Waals surface area (Å²) in [6, 6.07) is 2.19. The molecule has 2 rings (SSSR count). The fourth-order valence-corrected chi connectivity index (χ4v) is 2.28. The molecule has 0 spiro atoms. The van der Waals surface area contributed by atoms with Gasteiger partial charge in [-0.05, 0) is 25.7 Å². The largest absolute Gasteiger partial charge is 0.383 e. The predicted octanol–water partition coefficient (Wildman–Crippen LogP) is 1.74. The second-order valence-electron chi connectivity index (χ2n) is 4.47. The van der Waals surface area contributed by atoms with Crippen molar-refractivity contribution >= 4 is 11.6 Å². The first-order valence-electron chi connectivity index (χ1n) is 6.29. The number of hydrogen-bond donors (Lipinski definition) is 1. The van der Waals surface area contributed by atoms with Gasteiger partial charge in [0.15, 0.2) is 5.82 Å². The molecule has 0 atom stereocenters. The summed E-state index contributed by atoms with van der Waals surface area (Å²) in [6.45, 7) is 4.82. The van der Waals surface area contributed by atoms with E-state index in [-0.39, 0.29) is 0 Å². The Kier molecular flexibility index (Phi) is 3.52.